The van der Waals surface area contributed by atoms with Crippen molar-refractivity contribution in [3.05, 3.63) is 42.0 Å². The minimum Gasteiger partial charge on any atom is -0.504 e. The fourth-order valence-electron chi connectivity index (χ4n) is 1.95. The number of hydrogen-bond donors (Lipinski definition) is 5. The van der Waals surface area contributed by atoms with Crippen LogP contribution in [0.5, 0.6) is 17.2 Å². The molecule has 0 bridgehead atoms. The quantitative estimate of drug-likeness (QED) is 0.216. The molecule has 0 aliphatic rings. The first-order valence-electron chi connectivity index (χ1n) is 7.49. The number of hydrazone groups is 1. The number of benzene rings is 2. The van der Waals surface area contributed by atoms with Gasteiger partial charge in [-0.15, -0.1) is 0 Å². The normalized spacial score (nSPS) is 11.7. The average Bonchev–Trinajstić information content (AvgIpc) is 2.61. The van der Waals surface area contributed by atoms with Gasteiger partial charge in [0.15, 0.2) is 16.6 Å². The first-order valence-corrected chi connectivity index (χ1v) is 9.34. The van der Waals surface area contributed by atoms with Gasteiger partial charge >= 0.3 is 0 Å². The molecule has 0 aliphatic carbocycles. The molecule has 0 radical (unpaired) electrons. The van der Waals surface area contributed by atoms with Crippen LogP contribution in [-0.4, -0.2) is 53.5 Å². The molecule has 5 N–H and O–H groups in total. The third-order valence-corrected chi connectivity index (χ3v) is 5.41. The van der Waals surface area contributed by atoms with Crippen LogP contribution in [0.15, 0.2) is 46.4 Å². The number of phenols is 3. The number of nitrogens with zero attached hydrogens (tertiary/aromatic N) is 2. The lowest BCUT2D eigenvalue weighted by Crippen LogP contribution is -2.25. The molecular formula is C16H18N4O5S2. The molecular weight excluding hydrogens is 392 g/mol. The molecule has 27 heavy (non-hydrogen) atoms. The van der Waals surface area contributed by atoms with Gasteiger partial charge in [-0.05, 0) is 42.5 Å². The zero-order valence-corrected chi connectivity index (χ0v) is 16.0. The topological polar surface area (TPSA) is 134 Å². The second kappa shape index (κ2) is 8.20. The molecule has 0 unspecified atom stereocenters. The van der Waals surface area contributed by atoms with Gasteiger partial charge in [0.1, 0.15) is 0 Å². The number of hydrogen-bond acceptors (Lipinski definition) is 7. The smallest absolute Gasteiger partial charge is 0.242 e. The molecule has 2 aromatic rings. The largest absolute Gasteiger partial charge is 0.504 e. The van der Waals surface area contributed by atoms with Crippen molar-refractivity contribution in [2.45, 2.75) is 4.90 Å². The number of anilines is 1. The molecule has 0 aromatic heterocycles. The Morgan fingerprint density at radius 2 is 1.85 bits per heavy atom. The van der Waals surface area contributed by atoms with E-state index in [4.69, 9.17) is 12.2 Å². The zero-order chi connectivity index (χ0) is 20.2. The van der Waals surface area contributed by atoms with Crippen molar-refractivity contribution < 1.29 is 23.7 Å². The number of aromatic hydroxyl groups is 3. The number of rotatable bonds is 5. The van der Waals surface area contributed by atoms with E-state index in [-0.39, 0.29) is 15.6 Å². The molecule has 11 heteroatoms. The maximum atomic E-state index is 12.1. The molecule has 0 aliphatic heterocycles. The second-order valence-electron chi connectivity index (χ2n) is 5.51. The van der Waals surface area contributed by atoms with Crippen LogP contribution in [0.3, 0.4) is 0 Å². The van der Waals surface area contributed by atoms with E-state index in [9.17, 15) is 23.7 Å². The van der Waals surface area contributed by atoms with E-state index in [0.717, 1.165) is 4.31 Å². The van der Waals surface area contributed by atoms with Crippen molar-refractivity contribution in [3.63, 3.8) is 0 Å². The Bertz CT molecular complexity index is 990. The van der Waals surface area contributed by atoms with Gasteiger partial charge in [-0.1, -0.05) is 6.07 Å². The highest BCUT2D eigenvalue weighted by molar-refractivity contribution is 7.89. The van der Waals surface area contributed by atoms with E-state index in [1.807, 2.05) is 0 Å². The van der Waals surface area contributed by atoms with Gasteiger partial charge < -0.3 is 20.6 Å². The third kappa shape index (κ3) is 4.84. The van der Waals surface area contributed by atoms with Gasteiger partial charge in [0, 0.05) is 25.3 Å². The standard InChI is InChI=1S/C16H18N4O5S2/c1-20(2)27(24,25)12-5-3-4-11(8-12)18-16(26)19-17-9-10-6-7-13(21)15(23)14(10)22/h3-9,21-23H,1-2H3,(H2,18,19,26)/b17-9+. The monoisotopic (exact) mass is 410 g/mol. The summed E-state index contributed by atoms with van der Waals surface area (Å²) in [5.74, 6) is -1.64. The van der Waals surface area contributed by atoms with E-state index in [2.05, 4.69) is 15.8 Å². The number of thiocarbonyl (C=S) groups is 1. The van der Waals surface area contributed by atoms with Crippen LogP contribution < -0.4 is 10.7 Å². The summed E-state index contributed by atoms with van der Waals surface area (Å²) < 4.78 is 25.4. The Balaban J connectivity index is 2.06. The van der Waals surface area contributed by atoms with Crippen LogP contribution >= 0.6 is 12.2 Å². The molecule has 2 aromatic carbocycles. The Labute approximate surface area is 161 Å². The van der Waals surface area contributed by atoms with Crippen molar-refractivity contribution in [2.24, 2.45) is 5.10 Å². The molecule has 0 amide bonds. The van der Waals surface area contributed by atoms with Crippen molar-refractivity contribution in [3.8, 4) is 17.2 Å². The molecule has 9 nitrogen and oxygen atoms in total. The predicted octanol–water partition coefficient (Wildman–Crippen LogP) is 1.37. The summed E-state index contributed by atoms with van der Waals surface area (Å²) in [6.07, 6.45) is 1.19. The van der Waals surface area contributed by atoms with E-state index in [1.54, 1.807) is 12.1 Å². The fraction of sp³-hybridized carbons (Fsp3) is 0.125. The summed E-state index contributed by atoms with van der Waals surface area (Å²) in [4.78, 5) is 0.105. The van der Waals surface area contributed by atoms with Crippen LogP contribution in [0.25, 0.3) is 0 Å². The van der Waals surface area contributed by atoms with Gasteiger partial charge in [0.25, 0.3) is 0 Å². The minimum atomic E-state index is -3.57. The SMILES string of the molecule is CN(C)S(=O)(=O)c1cccc(NC(=S)N/N=C/c2ccc(O)c(O)c2O)c1. The zero-order valence-electron chi connectivity index (χ0n) is 14.4. The molecule has 144 valence electrons. The maximum Gasteiger partial charge on any atom is 0.242 e. The molecule has 0 spiro atoms. The molecule has 0 heterocycles. The second-order valence-corrected chi connectivity index (χ2v) is 8.07. The lowest BCUT2D eigenvalue weighted by Gasteiger charge is -2.13. The van der Waals surface area contributed by atoms with Crippen molar-refractivity contribution in [1.29, 1.82) is 0 Å². The fourth-order valence-corrected chi connectivity index (χ4v) is 3.07. The lowest BCUT2D eigenvalue weighted by molar-refractivity contribution is 0.367. The first-order chi connectivity index (χ1) is 12.6. The lowest BCUT2D eigenvalue weighted by atomic mass is 10.2. The van der Waals surface area contributed by atoms with Gasteiger partial charge in [-0.2, -0.15) is 5.10 Å². The summed E-state index contributed by atoms with van der Waals surface area (Å²) in [7, 11) is -0.698. The molecule has 2 rings (SSSR count). The third-order valence-electron chi connectivity index (χ3n) is 3.40. The van der Waals surface area contributed by atoms with Crippen molar-refractivity contribution >= 4 is 39.3 Å². The first kappa shape index (κ1) is 20.4. The molecule has 0 atom stereocenters. The highest BCUT2D eigenvalue weighted by Gasteiger charge is 2.17. The summed E-state index contributed by atoms with van der Waals surface area (Å²) in [6, 6.07) is 8.65. The van der Waals surface area contributed by atoms with Gasteiger partial charge in [-0.3, -0.25) is 5.43 Å². The Morgan fingerprint density at radius 1 is 1.15 bits per heavy atom. The van der Waals surface area contributed by atoms with Crippen molar-refractivity contribution in [2.75, 3.05) is 19.4 Å². The average molecular weight is 410 g/mol. The number of phenolic OH excluding ortho intramolecular Hbond substituents is 3. The van der Waals surface area contributed by atoms with Gasteiger partial charge in [0.2, 0.25) is 15.8 Å². The van der Waals surface area contributed by atoms with E-state index in [1.165, 1.54) is 44.6 Å². The highest BCUT2D eigenvalue weighted by atomic mass is 32.2. The van der Waals surface area contributed by atoms with Crippen LogP contribution in [0.4, 0.5) is 5.69 Å². The van der Waals surface area contributed by atoms with E-state index < -0.39 is 27.3 Å². The number of nitrogens with one attached hydrogen (secondary N) is 2. The highest BCUT2D eigenvalue weighted by Crippen LogP contribution is 2.36. The van der Waals surface area contributed by atoms with Crippen LogP contribution in [0.1, 0.15) is 5.56 Å². The van der Waals surface area contributed by atoms with E-state index >= 15 is 0 Å². The Hall–Kier alpha value is -2.89. The summed E-state index contributed by atoms with van der Waals surface area (Å²) in [5, 5.41) is 35.1. The Morgan fingerprint density at radius 3 is 2.52 bits per heavy atom. The summed E-state index contributed by atoms with van der Waals surface area (Å²) in [6.45, 7) is 0. The minimum absolute atomic E-state index is 0.0770. The predicted molar refractivity (Wildman–Crippen MR) is 106 cm³/mol. The molecule has 0 saturated carbocycles. The van der Waals surface area contributed by atoms with Crippen LogP contribution in [0, 0.1) is 0 Å². The number of sulfonamides is 1. The summed E-state index contributed by atoms with van der Waals surface area (Å²) >= 11 is 5.07. The van der Waals surface area contributed by atoms with Gasteiger partial charge in [0.05, 0.1) is 11.1 Å². The van der Waals surface area contributed by atoms with Crippen molar-refractivity contribution in [1.82, 2.24) is 9.73 Å². The summed E-state index contributed by atoms with van der Waals surface area (Å²) in [5.41, 5.74) is 3.09. The molecule has 0 fully saturated rings. The maximum absolute atomic E-state index is 12.1. The van der Waals surface area contributed by atoms with Gasteiger partial charge in [-0.25, -0.2) is 12.7 Å². The molecule has 0 saturated heterocycles. The van der Waals surface area contributed by atoms with E-state index in [0.29, 0.717) is 5.69 Å². The van der Waals surface area contributed by atoms with Crippen LogP contribution in [-0.2, 0) is 10.0 Å². The van der Waals surface area contributed by atoms with Crippen LogP contribution in [0.2, 0.25) is 0 Å². The Kier molecular flexibility index (Phi) is 6.20.